The summed E-state index contributed by atoms with van der Waals surface area (Å²) in [4.78, 5) is 14.0. The molecule has 0 atom stereocenters. The number of rotatable bonds is 7. The quantitative estimate of drug-likeness (QED) is 0.475. The summed E-state index contributed by atoms with van der Waals surface area (Å²) in [6, 6.07) is 9.73. The molecule has 0 aliphatic carbocycles. The number of hydrogen-bond acceptors (Lipinski definition) is 3. The summed E-state index contributed by atoms with van der Waals surface area (Å²) < 4.78 is 0. The molecule has 1 N–H and O–H groups in total. The zero-order chi connectivity index (χ0) is 15.7. The molecule has 0 saturated heterocycles. The number of benzene rings is 1. The lowest BCUT2D eigenvalue weighted by Gasteiger charge is -2.20. The SMILES string of the molecule is C=CCNC(=O)/C(C#N)=C/c1ccc(N(CC)CC)cc1. The largest absolute Gasteiger partial charge is 0.372 e. The molecule has 0 saturated carbocycles. The van der Waals surface area contributed by atoms with Crippen molar-refractivity contribution in [2.24, 2.45) is 0 Å². The molecule has 1 aromatic carbocycles. The summed E-state index contributed by atoms with van der Waals surface area (Å²) in [6.07, 6.45) is 3.16. The third-order valence-corrected chi connectivity index (χ3v) is 3.10. The Balaban J connectivity index is 2.90. The van der Waals surface area contributed by atoms with Gasteiger partial charge in [-0.05, 0) is 37.6 Å². The number of nitriles is 1. The molecule has 4 nitrogen and oxygen atoms in total. The van der Waals surface area contributed by atoms with E-state index in [1.807, 2.05) is 30.3 Å². The first-order chi connectivity index (χ1) is 10.2. The highest BCUT2D eigenvalue weighted by Gasteiger charge is 2.07. The molecule has 0 aliphatic rings. The highest BCUT2D eigenvalue weighted by Crippen LogP contribution is 2.16. The van der Waals surface area contributed by atoms with Gasteiger partial charge in [-0.2, -0.15) is 5.26 Å². The van der Waals surface area contributed by atoms with Gasteiger partial charge >= 0.3 is 0 Å². The van der Waals surface area contributed by atoms with Crippen LogP contribution in [0.5, 0.6) is 0 Å². The Bertz CT molecular complexity index is 548. The molecule has 0 aliphatic heterocycles. The van der Waals surface area contributed by atoms with Crippen molar-refractivity contribution in [3.63, 3.8) is 0 Å². The molecule has 0 aromatic heterocycles. The lowest BCUT2D eigenvalue weighted by molar-refractivity contribution is -0.116. The maximum absolute atomic E-state index is 11.7. The second kappa shape index (κ2) is 8.60. The first kappa shape index (κ1) is 16.5. The van der Waals surface area contributed by atoms with E-state index < -0.39 is 0 Å². The van der Waals surface area contributed by atoms with E-state index in [0.29, 0.717) is 6.54 Å². The van der Waals surface area contributed by atoms with Crippen LogP contribution in [0.1, 0.15) is 19.4 Å². The maximum atomic E-state index is 11.7. The van der Waals surface area contributed by atoms with Crippen LogP contribution in [0, 0.1) is 11.3 Å². The van der Waals surface area contributed by atoms with Crippen LogP contribution in [0.2, 0.25) is 0 Å². The third-order valence-electron chi connectivity index (χ3n) is 3.10. The van der Waals surface area contributed by atoms with Crippen molar-refractivity contribution < 1.29 is 4.79 Å². The van der Waals surface area contributed by atoms with Gasteiger partial charge in [0.05, 0.1) is 0 Å². The minimum Gasteiger partial charge on any atom is -0.372 e. The second-order valence-corrected chi connectivity index (χ2v) is 4.43. The molecule has 1 amide bonds. The Morgan fingerprint density at radius 3 is 2.43 bits per heavy atom. The van der Waals surface area contributed by atoms with E-state index in [1.54, 1.807) is 12.2 Å². The predicted octanol–water partition coefficient (Wildman–Crippen LogP) is 2.74. The summed E-state index contributed by atoms with van der Waals surface area (Å²) >= 11 is 0. The van der Waals surface area contributed by atoms with E-state index in [4.69, 9.17) is 5.26 Å². The van der Waals surface area contributed by atoms with Crippen LogP contribution in [0.15, 0.2) is 42.5 Å². The fourth-order valence-corrected chi connectivity index (χ4v) is 1.95. The number of nitrogens with one attached hydrogen (secondary N) is 1. The third kappa shape index (κ3) is 4.81. The minimum absolute atomic E-state index is 0.0902. The smallest absolute Gasteiger partial charge is 0.262 e. The summed E-state index contributed by atoms with van der Waals surface area (Å²) in [5.74, 6) is -0.384. The van der Waals surface area contributed by atoms with Gasteiger partial charge in [0, 0.05) is 25.3 Å². The Kier molecular flexibility index (Phi) is 6.76. The van der Waals surface area contributed by atoms with Gasteiger partial charge < -0.3 is 10.2 Å². The number of carbonyl (C=O) groups excluding carboxylic acids is 1. The average molecular weight is 283 g/mol. The van der Waals surface area contributed by atoms with E-state index >= 15 is 0 Å². The topological polar surface area (TPSA) is 56.1 Å². The number of hydrogen-bond donors (Lipinski definition) is 1. The fourth-order valence-electron chi connectivity index (χ4n) is 1.95. The standard InChI is InChI=1S/C17H21N3O/c1-4-11-19-17(21)15(13-18)12-14-7-9-16(10-8-14)20(5-2)6-3/h4,7-10,12H,1,5-6,11H2,2-3H3,(H,19,21)/b15-12+. The summed E-state index contributed by atoms with van der Waals surface area (Å²) in [6.45, 7) is 9.97. The van der Waals surface area contributed by atoms with Crippen molar-refractivity contribution in [3.8, 4) is 6.07 Å². The van der Waals surface area contributed by atoms with Crippen molar-refractivity contribution in [1.82, 2.24) is 5.32 Å². The average Bonchev–Trinajstić information content (AvgIpc) is 2.52. The van der Waals surface area contributed by atoms with Crippen LogP contribution < -0.4 is 10.2 Å². The van der Waals surface area contributed by atoms with Crippen LogP contribution >= 0.6 is 0 Å². The molecule has 0 radical (unpaired) electrons. The van der Waals surface area contributed by atoms with Crippen molar-refractivity contribution in [2.45, 2.75) is 13.8 Å². The Hall–Kier alpha value is -2.54. The van der Waals surface area contributed by atoms with Gasteiger partial charge in [-0.25, -0.2) is 0 Å². The molecule has 110 valence electrons. The molecule has 1 rings (SSSR count). The van der Waals surface area contributed by atoms with Gasteiger partial charge in [0.2, 0.25) is 0 Å². The zero-order valence-corrected chi connectivity index (χ0v) is 12.6. The number of carbonyl (C=O) groups is 1. The molecular formula is C17H21N3O. The van der Waals surface area contributed by atoms with E-state index in [9.17, 15) is 4.79 Å². The van der Waals surface area contributed by atoms with Gasteiger partial charge in [0.15, 0.2) is 0 Å². The lowest BCUT2D eigenvalue weighted by Crippen LogP contribution is -2.24. The monoisotopic (exact) mass is 283 g/mol. The molecule has 0 bridgehead atoms. The normalized spacial score (nSPS) is 10.6. The molecule has 1 aromatic rings. The summed E-state index contributed by atoms with van der Waals surface area (Å²) in [7, 11) is 0. The molecule has 21 heavy (non-hydrogen) atoms. The Morgan fingerprint density at radius 2 is 1.95 bits per heavy atom. The number of anilines is 1. The number of nitrogens with zero attached hydrogens (tertiary/aromatic N) is 2. The molecule has 0 unspecified atom stereocenters. The van der Waals surface area contributed by atoms with Crippen LogP contribution in [0.4, 0.5) is 5.69 Å². The van der Waals surface area contributed by atoms with Crippen LogP contribution in [0.25, 0.3) is 6.08 Å². The van der Waals surface area contributed by atoms with Crippen molar-refractivity contribution in [3.05, 3.63) is 48.1 Å². The Labute approximate surface area is 126 Å². The van der Waals surface area contributed by atoms with E-state index in [2.05, 4.69) is 30.6 Å². The van der Waals surface area contributed by atoms with Crippen LogP contribution in [-0.2, 0) is 4.79 Å². The molecule has 0 heterocycles. The fraction of sp³-hybridized carbons (Fsp3) is 0.294. The van der Waals surface area contributed by atoms with Gasteiger partial charge in [-0.15, -0.1) is 6.58 Å². The second-order valence-electron chi connectivity index (χ2n) is 4.43. The minimum atomic E-state index is -0.384. The predicted molar refractivity (Wildman–Crippen MR) is 86.8 cm³/mol. The highest BCUT2D eigenvalue weighted by molar-refractivity contribution is 6.01. The van der Waals surface area contributed by atoms with Crippen LogP contribution in [-0.4, -0.2) is 25.5 Å². The molecule has 0 fully saturated rings. The van der Waals surface area contributed by atoms with E-state index in [-0.39, 0.29) is 11.5 Å². The summed E-state index contributed by atoms with van der Waals surface area (Å²) in [5.41, 5.74) is 2.05. The van der Waals surface area contributed by atoms with Crippen molar-refractivity contribution >= 4 is 17.7 Å². The zero-order valence-electron chi connectivity index (χ0n) is 12.6. The Morgan fingerprint density at radius 1 is 1.33 bits per heavy atom. The molecular weight excluding hydrogens is 262 g/mol. The van der Waals surface area contributed by atoms with Gasteiger partial charge in [-0.1, -0.05) is 18.2 Å². The first-order valence-electron chi connectivity index (χ1n) is 7.02. The first-order valence-corrected chi connectivity index (χ1v) is 7.02. The molecule has 0 spiro atoms. The van der Waals surface area contributed by atoms with Gasteiger partial charge in [0.1, 0.15) is 11.6 Å². The number of amides is 1. The van der Waals surface area contributed by atoms with Crippen molar-refractivity contribution in [2.75, 3.05) is 24.5 Å². The summed E-state index contributed by atoms with van der Waals surface area (Å²) in [5, 5.41) is 11.7. The van der Waals surface area contributed by atoms with Crippen LogP contribution in [0.3, 0.4) is 0 Å². The van der Waals surface area contributed by atoms with Crippen molar-refractivity contribution in [1.29, 1.82) is 5.26 Å². The van der Waals surface area contributed by atoms with Gasteiger partial charge in [0.25, 0.3) is 5.91 Å². The van der Waals surface area contributed by atoms with E-state index in [1.165, 1.54) is 0 Å². The highest BCUT2D eigenvalue weighted by atomic mass is 16.1. The lowest BCUT2D eigenvalue weighted by atomic mass is 10.1. The van der Waals surface area contributed by atoms with E-state index in [0.717, 1.165) is 24.3 Å². The van der Waals surface area contributed by atoms with Gasteiger partial charge in [-0.3, -0.25) is 4.79 Å². The maximum Gasteiger partial charge on any atom is 0.262 e. The molecule has 4 heteroatoms.